The van der Waals surface area contributed by atoms with Gasteiger partial charge in [0.05, 0.1) is 23.5 Å². The predicted molar refractivity (Wildman–Crippen MR) is 88.9 cm³/mol. The number of hydrogen-bond acceptors (Lipinski definition) is 4. The highest BCUT2D eigenvalue weighted by Crippen LogP contribution is 2.23. The summed E-state index contributed by atoms with van der Waals surface area (Å²) < 4.78 is 0. The zero-order valence-corrected chi connectivity index (χ0v) is 12.8. The van der Waals surface area contributed by atoms with Crippen molar-refractivity contribution in [1.29, 1.82) is 0 Å². The Labute approximate surface area is 134 Å². The maximum atomic E-state index is 12.5. The first-order valence-corrected chi connectivity index (χ1v) is 7.31. The third kappa shape index (κ3) is 3.30. The van der Waals surface area contributed by atoms with E-state index in [4.69, 9.17) is 0 Å². The van der Waals surface area contributed by atoms with Crippen LogP contribution in [-0.4, -0.2) is 21.9 Å². The summed E-state index contributed by atoms with van der Waals surface area (Å²) in [5.74, 6) is -0.249. The Bertz CT molecular complexity index is 754. The maximum absolute atomic E-state index is 12.5. The van der Waals surface area contributed by atoms with Crippen LogP contribution in [0.5, 0.6) is 0 Å². The van der Waals surface area contributed by atoms with Crippen LogP contribution in [0.25, 0.3) is 0 Å². The minimum Gasteiger partial charge on any atom is -0.289 e. The molecule has 0 bridgehead atoms. The number of anilines is 1. The van der Waals surface area contributed by atoms with Crippen molar-refractivity contribution in [1.82, 2.24) is 5.06 Å². The predicted octanol–water partition coefficient (Wildman–Crippen LogP) is 3.18. The molecule has 1 amide bonds. The number of benzene rings is 2. The van der Waals surface area contributed by atoms with Crippen molar-refractivity contribution >= 4 is 17.3 Å². The van der Waals surface area contributed by atoms with Crippen molar-refractivity contribution in [2.75, 3.05) is 5.01 Å². The zero-order chi connectivity index (χ0) is 16.2. The molecule has 1 N–H and O–H groups in total. The lowest BCUT2D eigenvalue weighted by molar-refractivity contribution is -0.114. The molecule has 116 valence electrons. The molecule has 0 unspecified atom stereocenters. The standard InChI is InChI=1S/C18H17N3O2/c1-14-17(13-20(23)12-15-8-4-2-5-9-15)18(22)21(19-14)16-10-6-3-7-11-16/h2-11,13,23H,12H2,1H3/b17-13-. The normalized spacial score (nSPS) is 15.9. The van der Waals surface area contributed by atoms with Crippen LogP contribution in [0.1, 0.15) is 12.5 Å². The van der Waals surface area contributed by atoms with Crippen LogP contribution in [0.3, 0.4) is 0 Å². The third-order valence-electron chi connectivity index (χ3n) is 3.53. The molecule has 0 saturated heterocycles. The molecule has 0 aromatic heterocycles. The Balaban J connectivity index is 1.78. The first kappa shape index (κ1) is 15.0. The lowest BCUT2D eigenvalue weighted by Gasteiger charge is -2.14. The molecule has 0 saturated carbocycles. The van der Waals surface area contributed by atoms with Crippen LogP contribution < -0.4 is 5.01 Å². The molecule has 23 heavy (non-hydrogen) atoms. The fourth-order valence-corrected chi connectivity index (χ4v) is 2.38. The van der Waals surface area contributed by atoms with Crippen molar-refractivity contribution < 1.29 is 10.0 Å². The number of hydroxylamine groups is 2. The minimum absolute atomic E-state index is 0.249. The second kappa shape index (κ2) is 6.46. The number of carbonyl (C=O) groups is 1. The van der Waals surface area contributed by atoms with Crippen molar-refractivity contribution in [3.63, 3.8) is 0 Å². The summed E-state index contributed by atoms with van der Waals surface area (Å²) in [4.78, 5) is 12.5. The average molecular weight is 307 g/mol. The van der Waals surface area contributed by atoms with E-state index in [2.05, 4.69) is 5.10 Å². The summed E-state index contributed by atoms with van der Waals surface area (Å²) in [5, 5.41) is 16.7. The quantitative estimate of drug-likeness (QED) is 0.697. The van der Waals surface area contributed by atoms with E-state index in [-0.39, 0.29) is 5.91 Å². The fourth-order valence-electron chi connectivity index (χ4n) is 2.38. The van der Waals surface area contributed by atoms with Gasteiger partial charge in [-0.25, -0.2) is 0 Å². The van der Waals surface area contributed by atoms with Crippen LogP contribution >= 0.6 is 0 Å². The van der Waals surface area contributed by atoms with E-state index in [1.807, 2.05) is 60.7 Å². The van der Waals surface area contributed by atoms with E-state index >= 15 is 0 Å². The molecule has 1 aliphatic heterocycles. The number of amides is 1. The van der Waals surface area contributed by atoms with Crippen LogP contribution in [0.15, 0.2) is 77.5 Å². The van der Waals surface area contributed by atoms with Gasteiger partial charge in [-0.1, -0.05) is 48.5 Å². The van der Waals surface area contributed by atoms with Gasteiger partial charge in [-0.2, -0.15) is 10.1 Å². The molecular formula is C18H17N3O2. The second-order valence-corrected chi connectivity index (χ2v) is 5.26. The SMILES string of the molecule is CC1=NN(c2ccccc2)C(=O)/C1=C\N(O)Cc1ccccc1. The lowest BCUT2D eigenvalue weighted by Crippen LogP contribution is -2.23. The molecule has 1 aliphatic rings. The molecule has 0 fully saturated rings. The molecular weight excluding hydrogens is 290 g/mol. The summed E-state index contributed by atoms with van der Waals surface area (Å²) in [7, 11) is 0. The van der Waals surface area contributed by atoms with Crippen molar-refractivity contribution in [2.45, 2.75) is 13.5 Å². The Morgan fingerprint density at radius 2 is 1.70 bits per heavy atom. The zero-order valence-electron chi connectivity index (χ0n) is 12.8. The molecule has 1 heterocycles. The van der Waals surface area contributed by atoms with Crippen LogP contribution in [0.4, 0.5) is 5.69 Å². The molecule has 3 rings (SSSR count). The van der Waals surface area contributed by atoms with E-state index in [1.165, 1.54) is 11.2 Å². The van der Waals surface area contributed by atoms with Crippen molar-refractivity contribution in [3.05, 3.63) is 78.0 Å². The van der Waals surface area contributed by atoms with Gasteiger partial charge in [0.1, 0.15) is 0 Å². The Kier molecular flexibility index (Phi) is 4.21. The summed E-state index contributed by atoms with van der Waals surface area (Å²) in [5.41, 5.74) is 2.61. The summed E-state index contributed by atoms with van der Waals surface area (Å²) in [6.45, 7) is 2.05. The van der Waals surface area contributed by atoms with E-state index < -0.39 is 0 Å². The van der Waals surface area contributed by atoms with Crippen LogP contribution in [0, 0.1) is 0 Å². The van der Waals surface area contributed by atoms with Gasteiger partial charge in [0, 0.05) is 6.20 Å². The average Bonchev–Trinajstić information content (AvgIpc) is 2.85. The number of rotatable bonds is 4. The van der Waals surface area contributed by atoms with Crippen LogP contribution in [0.2, 0.25) is 0 Å². The first-order valence-electron chi connectivity index (χ1n) is 7.31. The van der Waals surface area contributed by atoms with Gasteiger partial charge in [0.2, 0.25) is 0 Å². The number of hydrogen-bond donors (Lipinski definition) is 1. The Hall–Kier alpha value is -2.92. The molecule has 2 aromatic carbocycles. The molecule has 5 heteroatoms. The summed E-state index contributed by atoms with van der Waals surface area (Å²) in [6.07, 6.45) is 1.43. The van der Waals surface area contributed by atoms with Crippen molar-refractivity contribution in [2.24, 2.45) is 5.10 Å². The van der Waals surface area contributed by atoms with Gasteiger partial charge in [0.15, 0.2) is 0 Å². The second-order valence-electron chi connectivity index (χ2n) is 5.26. The fraction of sp³-hybridized carbons (Fsp3) is 0.111. The maximum Gasteiger partial charge on any atom is 0.282 e. The molecule has 0 aliphatic carbocycles. The molecule has 0 radical (unpaired) electrons. The number of nitrogens with zero attached hydrogens (tertiary/aromatic N) is 3. The van der Waals surface area contributed by atoms with E-state index in [9.17, 15) is 10.0 Å². The monoisotopic (exact) mass is 307 g/mol. The largest absolute Gasteiger partial charge is 0.289 e. The first-order chi connectivity index (χ1) is 11.1. The number of para-hydroxylation sites is 1. The third-order valence-corrected chi connectivity index (χ3v) is 3.53. The highest BCUT2D eigenvalue weighted by Gasteiger charge is 2.29. The van der Waals surface area contributed by atoms with Gasteiger partial charge >= 0.3 is 0 Å². The van der Waals surface area contributed by atoms with Gasteiger partial charge in [-0.05, 0) is 24.6 Å². The highest BCUT2D eigenvalue weighted by molar-refractivity contribution is 6.29. The Morgan fingerprint density at radius 1 is 1.09 bits per heavy atom. The summed E-state index contributed by atoms with van der Waals surface area (Å²) >= 11 is 0. The number of carbonyl (C=O) groups excluding carboxylic acids is 1. The van der Waals surface area contributed by atoms with Gasteiger partial charge < -0.3 is 0 Å². The summed E-state index contributed by atoms with van der Waals surface area (Å²) in [6, 6.07) is 18.8. The van der Waals surface area contributed by atoms with Crippen LogP contribution in [-0.2, 0) is 11.3 Å². The van der Waals surface area contributed by atoms with E-state index in [1.54, 1.807) is 6.92 Å². The molecule has 2 aromatic rings. The highest BCUT2D eigenvalue weighted by atomic mass is 16.5. The van der Waals surface area contributed by atoms with E-state index in [0.717, 1.165) is 10.6 Å². The Morgan fingerprint density at radius 3 is 2.35 bits per heavy atom. The molecule has 0 atom stereocenters. The topological polar surface area (TPSA) is 56.1 Å². The van der Waals surface area contributed by atoms with Gasteiger partial charge in [-0.15, -0.1) is 0 Å². The minimum atomic E-state index is -0.249. The molecule has 0 spiro atoms. The lowest BCUT2D eigenvalue weighted by atomic mass is 10.2. The molecule has 5 nitrogen and oxygen atoms in total. The van der Waals surface area contributed by atoms with Gasteiger partial charge in [-0.3, -0.25) is 15.1 Å². The van der Waals surface area contributed by atoms with E-state index in [0.29, 0.717) is 23.5 Å². The number of hydrazone groups is 1. The smallest absolute Gasteiger partial charge is 0.282 e. The van der Waals surface area contributed by atoms with Crippen molar-refractivity contribution in [3.8, 4) is 0 Å². The van der Waals surface area contributed by atoms with Gasteiger partial charge in [0.25, 0.3) is 5.91 Å².